The first-order chi connectivity index (χ1) is 7.87. The van der Waals surface area contributed by atoms with Crippen LogP contribution in [-0.2, 0) is 9.53 Å². The van der Waals surface area contributed by atoms with Gasteiger partial charge in [0.15, 0.2) is 0 Å². The molecule has 0 aliphatic heterocycles. The molecular formula is C14H27NO2. The molecule has 0 bridgehead atoms. The number of rotatable bonds is 4. The Morgan fingerprint density at radius 1 is 1.35 bits per heavy atom. The quantitative estimate of drug-likeness (QED) is 0.822. The number of hydrogen-bond acceptors (Lipinski definition) is 2. The average molecular weight is 241 g/mol. The van der Waals surface area contributed by atoms with E-state index in [0.717, 1.165) is 12.5 Å². The smallest absolute Gasteiger partial charge is 0.246 e. The first-order valence-electron chi connectivity index (χ1n) is 6.77. The summed E-state index contributed by atoms with van der Waals surface area (Å²) in [4.78, 5) is 11.6. The van der Waals surface area contributed by atoms with Crippen LogP contribution in [0, 0.1) is 11.8 Å². The van der Waals surface area contributed by atoms with E-state index in [1.807, 2.05) is 20.8 Å². The normalized spacial score (nSPS) is 25.6. The molecule has 17 heavy (non-hydrogen) atoms. The summed E-state index contributed by atoms with van der Waals surface area (Å²) in [6, 6.07) is 0. The number of carbonyl (C=O) groups is 1. The Hall–Kier alpha value is -0.570. The van der Waals surface area contributed by atoms with Gasteiger partial charge in [-0.3, -0.25) is 4.79 Å². The molecule has 0 saturated heterocycles. The van der Waals surface area contributed by atoms with Crippen molar-refractivity contribution in [2.24, 2.45) is 11.8 Å². The van der Waals surface area contributed by atoms with Gasteiger partial charge in [0, 0.05) is 6.54 Å². The molecule has 1 N–H and O–H groups in total. The Morgan fingerprint density at radius 2 is 2.06 bits per heavy atom. The minimum atomic E-state index is -0.239. The zero-order chi connectivity index (χ0) is 12.9. The summed E-state index contributed by atoms with van der Waals surface area (Å²) in [5.74, 6) is 1.49. The maximum atomic E-state index is 11.6. The third kappa shape index (κ3) is 6.67. The second-order valence-electron chi connectivity index (χ2n) is 6.34. The molecular weight excluding hydrogens is 214 g/mol. The molecule has 2 atom stereocenters. The van der Waals surface area contributed by atoms with Gasteiger partial charge in [-0.15, -0.1) is 0 Å². The van der Waals surface area contributed by atoms with Crippen LogP contribution < -0.4 is 5.32 Å². The van der Waals surface area contributed by atoms with Crippen molar-refractivity contribution in [3.63, 3.8) is 0 Å². The van der Waals surface area contributed by atoms with E-state index in [4.69, 9.17) is 4.74 Å². The molecule has 100 valence electrons. The van der Waals surface area contributed by atoms with Gasteiger partial charge in [-0.25, -0.2) is 0 Å². The highest BCUT2D eigenvalue weighted by atomic mass is 16.5. The summed E-state index contributed by atoms with van der Waals surface area (Å²) >= 11 is 0. The van der Waals surface area contributed by atoms with Crippen LogP contribution in [0.2, 0.25) is 0 Å². The SMILES string of the molecule is CC1CCCC(CNC(=O)COC(C)(C)C)C1. The topological polar surface area (TPSA) is 38.3 Å². The van der Waals surface area contributed by atoms with E-state index < -0.39 is 0 Å². The number of ether oxygens (including phenoxy) is 1. The van der Waals surface area contributed by atoms with E-state index in [9.17, 15) is 4.79 Å². The molecule has 3 heteroatoms. The second kappa shape index (κ2) is 6.39. The van der Waals surface area contributed by atoms with Crippen molar-refractivity contribution in [2.75, 3.05) is 13.2 Å². The number of hydrogen-bond donors (Lipinski definition) is 1. The van der Waals surface area contributed by atoms with E-state index in [-0.39, 0.29) is 18.1 Å². The predicted octanol–water partition coefficient (Wildman–Crippen LogP) is 2.74. The van der Waals surface area contributed by atoms with Crippen molar-refractivity contribution < 1.29 is 9.53 Å². The van der Waals surface area contributed by atoms with Crippen LogP contribution in [0.4, 0.5) is 0 Å². The largest absolute Gasteiger partial charge is 0.366 e. The molecule has 3 nitrogen and oxygen atoms in total. The molecule has 1 amide bonds. The molecule has 2 unspecified atom stereocenters. The monoisotopic (exact) mass is 241 g/mol. The molecule has 1 fully saturated rings. The number of amides is 1. The standard InChI is InChI=1S/C14H27NO2/c1-11-6-5-7-12(8-11)9-15-13(16)10-17-14(2,3)4/h11-12H,5-10H2,1-4H3,(H,15,16). The Kier molecular flexibility index (Phi) is 5.44. The van der Waals surface area contributed by atoms with Gasteiger partial charge in [0.1, 0.15) is 6.61 Å². The lowest BCUT2D eigenvalue weighted by atomic mass is 9.82. The van der Waals surface area contributed by atoms with Crippen LogP contribution in [0.1, 0.15) is 53.4 Å². The van der Waals surface area contributed by atoms with E-state index in [1.165, 1.54) is 25.7 Å². The third-order valence-electron chi connectivity index (χ3n) is 3.27. The van der Waals surface area contributed by atoms with Crippen LogP contribution in [0.5, 0.6) is 0 Å². The minimum Gasteiger partial charge on any atom is -0.366 e. The Morgan fingerprint density at radius 3 is 2.65 bits per heavy atom. The molecule has 1 saturated carbocycles. The van der Waals surface area contributed by atoms with E-state index in [0.29, 0.717) is 5.92 Å². The lowest BCUT2D eigenvalue weighted by Crippen LogP contribution is -2.36. The zero-order valence-electron chi connectivity index (χ0n) is 11.7. The molecule has 0 heterocycles. The van der Waals surface area contributed by atoms with Crippen LogP contribution >= 0.6 is 0 Å². The van der Waals surface area contributed by atoms with Crippen molar-refractivity contribution in [1.82, 2.24) is 5.32 Å². The number of nitrogens with one attached hydrogen (secondary N) is 1. The van der Waals surface area contributed by atoms with Crippen molar-refractivity contribution in [3.05, 3.63) is 0 Å². The van der Waals surface area contributed by atoms with Crippen LogP contribution in [-0.4, -0.2) is 24.7 Å². The summed E-state index contributed by atoms with van der Waals surface area (Å²) in [5.41, 5.74) is -0.239. The molecule has 0 aromatic carbocycles. The van der Waals surface area contributed by atoms with Crippen LogP contribution in [0.25, 0.3) is 0 Å². The summed E-state index contributed by atoms with van der Waals surface area (Å²) in [7, 11) is 0. The average Bonchev–Trinajstić information content (AvgIpc) is 2.23. The zero-order valence-corrected chi connectivity index (χ0v) is 11.7. The van der Waals surface area contributed by atoms with Crippen LogP contribution in [0.3, 0.4) is 0 Å². The summed E-state index contributed by atoms with van der Waals surface area (Å²) in [6.45, 7) is 9.18. The van der Waals surface area contributed by atoms with Crippen molar-refractivity contribution in [3.8, 4) is 0 Å². The molecule has 0 aromatic heterocycles. The van der Waals surface area contributed by atoms with E-state index in [2.05, 4.69) is 12.2 Å². The molecule has 0 radical (unpaired) electrons. The van der Waals surface area contributed by atoms with Crippen molar-refractivity contribution in [1.29, 1.82) is 0 Å². The van der Waals surface area contributed by atoms with Crippen LogP contribution in [0.15, 0.2) is 0 Å². The van der Waals surface area contributed by atoms with Gasteiger partial charge < -0.3 is 10.1 Å². The molecule has 0 aromatic rings. The highest BCUT2D eigenvalue weighted by Gasteiger charge is 2.19. The molecule has 1 aliphatic rings. The van der Waals surface area contributed by atoms with Gasteiger partial charge in [-0.1, -0.05) is 19.8 Å². The Balaban J connectivity index is 2.15. The molecule has 1 rings (SSSR count). The van der Waals surface area contributed by atoms with Gasteiger partial charge in [-0.2, -0.15) is 0 Å². The maximum absolute atomic E-state index is 11.6. The Labute approximate surface area is 105 Å². The summed E-state index contributed by atoms with van der Waals surface area (Å²) in [6.07, 6.45) is 5.16. The van der Waals surface area contributed by atoms with Crippen molar-refractivity contribution in [2.45, 2.75) is 59.0 Å². The predicted molar refractivity (Wildman–Crippen MR) is 69.8 cm³/mol. The fraction of sp³-hybridized carbons (Fsp3) is 0.929. The van der Waals surface area contributed by atoms with Crippen molar-refractivity contribution >= 4 is 5.91 Å². The molecule has 0 spiro atoms. The van der Waals surface area contributed by atoms with Gasteiger partial charge in [0.2, 0.25) is 5.91 Å². The first-order valence-corrected chi connectivity index (χ1v) is 6.77. The first kappa shape index (κ1) is 14.5. The number of carbonyl (C=O) groups excluding carboxylic acids is 1. The van der Waals surface area contributed by atoms with Gasteiger partial charge in [0.05, 0.1) is 5.60 Å². The lowest BCUT2D eigenvalue weighted by Gasteiger charge is -2.27. The maximum Gasteiger partial charge on any atom is 0.246 e. The summed E-state index contributed by atoms with van der Waals surface area (Å²) < 4.78 is 5.44. The molecule has 1 aliphatic carbocycles. The lowest BCUT2D eigenvalue weighted by molar-refractivity contribution is -0.130. The fourth-order valence-electron chi connectivity index (χ4n) is 2.34. The minimum absolute atomic E-state index is 0.0122. The van der Waals surface area contributed by atoms with Gasteiger partial charge in [-0.05, 0) is 45.4 Å². The third-order valence-corrected chi connectivity index (χ3v) is 3.27. The van der Waals surface area contributed by atoms with E-state index >= 15 is 0 Å². The van der Waals surface area contributed by atoms with E-state index in [1.54, 1.807) is 0 Å². The second-order valence-corrected chi connectivity index (χ2v) is 6.34. The Bertz CT molecular complexity index is 245. The highest BCUT2D eigenvalue weighted by Crippen LogP contribution is 2.27. The highest BCUT2D eigenvalue weighted by molar-refractivity contribution is 5.77. The fourth-order valence-corrected chi connectivity index (χ4v) is 2.34. The summed E-state index contributed by atoms with van der Waals surface area (Å²) in [5, 5.41) is 2.98. The van der Waals surface area contributed by atoms with Gasteiger partial charge >= 0.3 is 0 Å². The van der Waals surface area contributed by atoms with Gasteiger partial charge in [0.25, 0.3) is 0 Å².